The standard InChI is InChI=1S/C10H21N3S/c1-2-7-12-8-3-5-9(6-4-8)13-10(11)14/h8-9,12H,2-7H2,1H3,(H3,11,13,14). The minimum Gasteiger partial charge on any atom is -0.376 e. The van der Waals surface area contributed by atoms with E-state index in [0.29, 0.717) is 17.2 Å². The first-order chi connectivity index (χ1) is 6.72. The van der Waals surface area contributed by atoms with Crippen LogP contribution in [0.1, 0.15) is 39.0 Å². The SMILES string of the molecule is CCCNC1CCC(NC(N)=S)CC1. The molecule has 14 heavy (non-hydrogen) atoms. The van der Waals surface area contributed by atoms with Gasteiger partial charge in [-0.05, 0) is 50.9 Å². The largest absolute Gasteiger partial charge is 0.376 e. The molecule has 0 amide bonds. The lowest BCUT2D eigenvalue weighted by Crippen LogP contribution is -2.44. The van der Waals surface area contributed by atoms with Gasteiger partial charge >= 0.3 is 0 Å². The van der Waals surface area contributed by atoms with Gasteiger partial charge in [0.05, 0.1) is 0 Å². The number of thiocarbonyl (C=S) groups is 1. The number of nitrogens with one attached hydrogen (secondary N) is 2. The fourth-order valence-electron chi connectivity index (χ4n) is 1.99. The molecule has 3 nitrogen and oxygen atoms in total. The van der Waals surface area contributed by atoms with E-state index in [2.05, 4.69) is 17.6 Å². The molecule has 0 aromatic carbocycles. The van der Waals surface area contributed by atoms with Crippen molar-refractivity contribution >= 4 is 17.3 Å². The van der Waals surface area contributed by atoms with Crippen molar-refractivity contribution in [2.75, 3.05) is 6.54 Å². The molecule has 0 unspecified atom stereocenters. The fourth-order valence-corrected chi connectivity index (χ4v) is 2.16. The van der Waals surface area contributed by atoms with Crippen molar-refractivity contribution in [1.82, 2.24) is 10.6 Å². The molecule has 1 saturated carbocycles. The highest BCUT2D eigenvalue weighted by Crippen LogP contribution is 2.18. The number of nitrogens with two attached hydrogens (primary N) is 1. The van der Waals surface area contributed by atoms with E-state index in [1.807, 2.05) is 0 Å². The maximum atomic E-state index is 5.44. The summed E-state index contributed by atoms with van der Waals surface area (Å²) in [6.45, 7) is 3.34. The van der Waals surface area contributed by atoms with E-state index in [4.69, 9.17) is 18.0 Å². The van der Waals surface area contributed by atoms with Crippen LogP contribution in [0.5, 0.6) is 0 Å². The van der Waals surface area contributed by atoms with Gasteiger partial charge in [-0.1, -0.05) is 6.92 Å². The van der Waals surface area contributed by atoms with Crippen LogP contribution in [0.2, 0.25) is 0 Å². The zero-order chi connectivity index (χ0) is 10.4. The third kappa shape index (κ3) is 4.24. The predicted molar refractivity (Wildman–Crippen MR) is 64.3 cm³/mol. The molecule has 0 spiro atoms. The third-order valence-corrected chi connectivity index (χ3v) is 2.87. The predicted octanol–water partition coefficient (Wildman–Crippen LogP) is 1.13. The van der Waals surface area contributed by atoms with E-state index < -0.39 is 0 Å². The van der Waals surface area contributed by atoms with Gasteiger partial charge in [-0.3, -0.25) is 0 Å². The minimum absolute atomic E-state index is 0.440. The van der Waals surface area contributed by atoms with Crippen molar-refractivity contribution < 1.29 is 0 Å². The van der Waals surface area contributed by atoms with E-state index in [-0.39, 0.29) is 0 Å². The van der Waals surface area contributed by atoms with Crippen molar-refractivity contribution in [3.8, 4) is 0 Å². The molecule has 0 atom stereocenters. The first-order valence-electron chi connectivity index (χ1n) is 5.51. The fraction of sp³-hybridized carbons (Fsp3) is 0.900. The van der Waals surface area contributed by atoms with Crippen LogP contribution in [0.4, 0.5) is 0 Å². The molecule has 1 aliphatic carbocycles. The smallest absolute Gasteiger partial charge is 0.163 e. The molecule has 0 bridgehead atoms. The van der Waals surface area contributed by atoms with Crippen LogP contribution in [0.3, 0.4) is 0 Å². The van der Waals surface area contributed by atoms with Crippen LogP contribution < -0.4 is 16.4 Å². The highest BCUT2D eigenvalue weighted by Gasteiger charge is 2.20. The molecule has 0 aliphatic heterocycles. The second-order valence-corrected chi connectivity index (χ2v) is 4.45. The van der Waals surface area contributed by atoms with Gasteiger partial charge in [0.1, 0.15) is 0 Å². The molecule has 4 N–H and O–H groups in total. The lowest BCUT2D eigenvalue weighted by atomic mass is 9.91. The lowest BCUT2D eigenvalue weighted by molar-refractivity contribution is 0.329. The quantitative estimate of drug-likeness (QED) is 0.615. The van der Waals surface area contributed by atoms with Crippen LogP contribution in [0.15, 0.2) is 0 Å². The zero-order valence-electron chi connectivity index (χ0n) is 8.88. The monoisotopic (exact) mass is 215 g/mol. The Morgan fingerprint density at radius 3 is 2.36 bits per heavy atom. The van der Waals surface area contributed by atoms with Crippen LogP contribution in [0, 0.1) is 0 Å². The van der Waals surface area contributed by atoms with E-state index in [1.165, 1.54) is 32.1 Å². The highest BCUT2D eigenvalue weighted by atomic mass is 32.1. The molecular weight excluding hydrogens is 194 g/mol. The van der Waals surface area contributed by atoms with E-state index in [0.717, 1.165) is 6.54 Å². The van der Waals surface area contributed by atoms with Gasteiger partial charge in [0.15, 0.2) is 5.11 Å². The first kappa shape index (κ1) is 11.7. The molecule has 0 aromatic heterocycles. The Balaban J connectivity index is 2.14. The first-order valence-corrected chi connectivity index (χ1v) is 5.92. The second kappa shape index (κ2) is 6.19. The summed E-state index contributed by atoms with van der Waals surface area (Å²) in [5, 5.41) is 7.13. The summed E-state index contributed by atoms with van der Waals surface area (Å²) in [6, 6.07) is 1.21. The summed E-state index contributed by atoms with van der Waals surface area (Å²) < 4.78 is 0. The van der Waals surface area contributed by atoms with Gasteiger partial charge in [0.25, 0.3) is 0 Å². The molecule has 0 heterocycles. The molecule has 0 radical (unpaired) electrons. The van der Waals surface area contributed by atoms with Gasteiger partial charge in [0.2, 0.25) is 0 Å². The van der Waals surface area contributed by atoms with Gasteiger partial charge in [0, 0.05) is 12.1 Å². The Morgan fingerprint density at radius 2 is 1.86 bits per heavy atom. The summed E-state index contributed by atoms with van der Waals surface area (Å²) in [5.41, 5.74) is 5.44. The Bertz CT molecular complexity index is 176. The molecular formula is C10H21N3S. The maximum absolute atomic E-state index is 5.44. The van der Waals surface area contributed by atoms with E-state index in [1.54, 1.807) is 0 Å². The van der Waals surface area contributed by atoms with Crippen molar-refractivity contribution in [3.05, 3.63) is 0 Å². The number of rotatable bonds is 4. The summed E-state index contributed by atoms with van der Waals surface area (Å²) >= 11 is 4.83. The van der Waals surface area contributed by atoms with Crippen molar-refractivity contribution in [1.29, 1.82) is 0 Å². The Hall–Kier alpha value is -0.350. The van der Waals surface area contributed by atoms with Crippen LogP contribution in [-0.2, 0) is 0 Å². The Labute approximate surface area is 91.8 Å². The third-order valence-electron chi connectivity index (χ3n) is 2.76. The van der Waals surface area contributed by atoms with Crippen LogP contribution >= 0.6 is 12.2 Å². The molecule has 4 heteroatoms. The van der Waals surface area contributed by atoms with Crippen molar-refractivity contribution in [2.24, 2.45) is 5.73 Å². The van der Waals surface area contributed by atoms with E-state index in [9.17, 15) is 0 Å². The topological polar surface area (TPSA) is 50.1 Å². The Morgan fingerprint density at radius 1 is 1.29 bits per heavy atom. The molecule has 1 rings (SSSR count). The van der Waals surface area contributed by atoms with Gasteiger partial charge in [-0.2, -0.15) is 0 Å². The maximum Gasteiger partial charge on any atom is 0.163 e. The van der Waals surface area contributed by atoms with Gasteiger partial charge in [-0.15, -0.1) is 0 Å². The summed E-state index contributed by atoms with van der Waals surface area (Å²) in [7, 11) is 0. The summed E-state index contributed by atoms with van der Waals surface area (Å²) in [4.78, 5) is 0. The summed E-state index contributed by atoms with van der Waals surface area (Å²) in [5.74, 6) is 0. The lowest BCUT2D eigenvalue weighted by Gasteiger charge is -2.29. The van der Waals surface area contributed by atoms with Crippen molar-refractivity contribution in [3.63, 3.8) is 0 Å². The molecule has 0 aromatic rings. The minimum atomic E-state index is 0.440. The molecule has 1 fully saturated rings. The summed E-state index contributed by atoms with van der Waals surface area (Å²) in [6.07, 6.45) is 6.04. The number of hydrogen-bond acceptors (Lipinski definition) is 2. The average molecular weight is 215 g/mol. The highest BCUT2D eigenvalue weighted by molar-refractivity contribution is 7.80. The molecule has 82 valence electrons. The Kier molecular flexibility index (Phi) is 5.19. The zero-order valence-corrected chi connectivity index (χ0v) is 9.70. The normalized spacial score (nSPS) is 27.2. The average Bonchev–Trinajstić information content (AvgIpc) is 2.16. The van der Waals surface area contributed by atoms with Crippen LogP contribution in [0.25, 0.3) is 0 Å². The molecule has 0 saturated heterocycles. The molecule has 1 aliphatic rings. The van der Waals surface area contributed by atoms with E-state index >= 15 is 0 Å². The van der Waals surface area contributed by atoms with Crippen LogP contribution in [-0.4, -0.2) is 23.7 Å². The van der Waals surface area contributed by atoms with Gasteiger partial charge in [-0.25, -0.2) is 0 Å². The van der Waals surface area contributed by atoms with Gasteiger partial charge < -0.3 is 16.4 Å². The second-order valence-electron chi connectivity index (χ2n) is 4.01. The van der Waals surface area contributed by atoms with Crippen molar-refractivity contribution in [2.45, 2.75) is 51.1 Å². The number of hydrogen-bond donors (Lipinski definition) is 3.